The Labute approximate surface area is 131 Å². The van der Waals surface area contributed by atoms with Gasteiger partial charge in [0, 0.05) is 11.8 Å². The highest BCUT2D eigenvalue weighted by Gasteiger charge is 2.20. The fraction of sp³-hybridized carbons (Fsp3) is 0.385. The summed E-state index contributed by atoms with van der Waals surface area (Å²) in [4.78, 5) is 31.7. The van der Waals surface area contributed by atoms with Gasteiger partial charge in [0.05, 0.1) is 28.4 Å². The van der Waals surface area contributed by atoms with Gasteiger partial charge in [-0.25, -0.2) is 0 Å². The second kappa shape index (κ2) is 7.82. The zero-order chi connectivity index (χ0) is 17.6. The van der Waals surface area contributed by atoms with Gasteiger partial charge in [-0.2, -0.15) is 5.10 Å². The van der Waals surface area contributed by atoms with E-state index in [1.165, 1.54) is 6.07 Å². The van der Waals surface area contributed by atoms with E-state index in [9.17, 15) is 25.0 Å². The van der Waals surface area contributed by atoms with Crippen molar-refractivity contribution < 1.29 is 19.4 Å². The minimum atomic E-state index is -0.755. The van der Waals surface area contributed by atoms with Crippen LogP contribution < -0.4 is 5.43 Å². The van der Waals surface area contributed by atoms with Crippen LogP contribution in [-0.4, -0.2) is 28.1 Å². The molecule has 1 N–H and O–H groups in total. The summed E-state index contributed by atoms with van der Waals surface area (Å²) in [7, 11) is 0. The third kappa shape index (κ3) is 4.73. The lowest BCUT2D eigenvalue weighted by molar-refractivity contribution is -0.393. The van der Waals surface area contributed by atoms with E-state index in [-0.39, 0.29) is 12.3 Å². The molecule has 1 rings (SSSR count). The van der Waals surface area contributed by atoms with Gasteiger partial charge in [-0.1, -0.05) is 0 Å². The van der Waals surface area contributed by atoms with Crippen molar-refractivity contribution in [2.75, 3.05) is 12.0 Å². The zero-order valence-corrected chi connectivity index (χ0v) is 12.8. The molecule has 0 amide bonds. The Balaban J connectivity index is 3.00. The molecule has 0 aliphatic carbocycles. The molecule has 124 valence electrons. The molecule has 0 radical (unpaired) electrons. The molecule has 1 aromatic carbocycles. The minimum Gasteiger partial charge on any atom is -0.465 e. The first kappa shape index (κ1) is 18.0. The maximum atomic E-state index is 11.6. The van der Waals surface area contributed by atoms with Crippen molar-refractivity contribution in [1.82, 2.24) is 0 Å². The number of benzene rings is 1. The number of esters is 1. The molecule has 10 nitrogen and oxygen atoms in total. The topological polar surface area (TPSA) is 137 Å². The van der Waals surface area contributed by atoms with E-state index in [1.807, 2.05) is 0 Å². The Hall–Kier alpha value is -3.04. The van der Waals surface area contributed by atoms with E-state index < -0.39 is 33.1 Å². The van der Waals surface area contributed by atoms with Crippen LogP contribution in [0.25, 0.3) is 0 Å². The molecule has 10 heteroatoms. The lowest BCUT2D eigenvalue weighted by Gasteiger charge is -2.10. The van der Waals surface area contributed by atoms with Crippen LogP contribution >= 0.6 is 0 Å². The van der Waals surface area contributed by atoms with Gasteiger partial charge in [0.2, 0.25) is 0 Å². The number of non-ortho nitro benzene ring substituents is 1. The minimum absolute atomic E-state index is 0.0176. The number of carbonyl (C=O) groups excluding carboxylic acids is 1. The summed E-state index contributed by atoms with van der Waals surface area (Å²) in [5.74, 6) is -1.09. The van der Waals surface area contributed by atoms with Crippen LogP contribution in [0.2, 0.25) is 0 Å². The molecule has 0 fully saturated rings. The molecule has 0 aliphatic rings. The first-order valence-electron chi connectivity index (χ1n) is 6.67. The lowest BCUT2D eigenvalue weighted by Crippen LogP contribution is -2.22. The summed E-state index contributed by atoms with van der Waals surface area (Å²) in [6.45, 7) is 5.06. The molecule has 23 heavy (non-hydrogen) atoms. The smallest absolute Gasteiger partial charge is 0.314 e. The first-order chi connectivity index (χ1) is 10.8. The van der Waals surface area contributed by atoms with Gasteiger partial charge in [-0.15, -0.1) is 0 Å². The highest BCUT2D eigenvalue weighted by molar-refractivity contribution is 6.00. The van der Waals surface area contributed by atoms with E-state index >= 15 is 0 Å². The summed E-state index contributed by atoms with van der Waals surface area (Å²) >= 11 is 0. The van der Waals surface area contributed by atoms with Crippen LogP contribution in [0.3, 0.4) is 0 Å². The molecule has 0 saturated carbocycles. The van der Waals surface area contributed by atoms with Crippen molar-refractivity contribution in [3.63, 3.8) is 0 Å². The molecule has 1 aromatic rings. The van der Waals surface area contributed by atoms with Crippen molar-refractivity contribution in [3.8, 4) is 0 Å². The Morgan fingerprint density at radius 3 is 2.52 bits per heavy atom. The fourth-order valence-corrected chi connectivity index (χ4v) is 1.56. The number of nitro groups is 2. The van der Waals surface area contributed by atoms with Gasteiger partial charge in [-0.3, -0.25) is 30.4 Å². The predicted octanol–water partition coefficient (Wildman–Crippen LogP) is 2.49. The molecule has 0 saturated heterocycles. The van der Waals surface area contributed by atoms with Crippen LogP contribution in [-0.2, 0) is 9.53 Å². The largest absolute Gasteiger partial charge is 0.465 e. The van der Waals surface area contributed by atoms with Crippen molar-refractivity contribution in [1.29, 1.82) is 0 Å². The highest BCUT2D eigenvalue weighted by Crippen LogP contribution is 2.29. The highest BCUT2D eigenvalue weighted by atomic mass is 16.6. The number of anilines is 1. The normalized spacial score (nSPS) is 12.4. The Morgan fingerprint density at radius 1 is 1.35 bits per heavy atom. The number of hydrazone groups is 1. The van der Waals surface area contributed by atoms with Crippen LogP contribution in [0.4, 0.5) is 17.1 Å². The van der Waals surface area contributed by atoms with Gasteiger partial charge >= 0.3 is 11.7 Å². The quantitative estimate of drug-likeness (QED) is 0.352. The second-order valence-electron chi connectivity index (χ2n) is 4.55. The summed E-state index contributed by atoms with van der Waals surface area (Å²) in [5, 5.41) is 25.6. The van der Waals surface area contributed by atoms with Crippen LogP contribution in [0.15, 0.2) is 23.3 Å². The number of nitrogens with zero attached hydrogens (tertiary/aromatic N) is 3. The summed E-state index contributed by atoms with van der Waals surface area (Å²) < 4.78 is 4.85. The summed E-state index contributed by atoms with van der Waals surface area (Å²) in [6, 6.07) is 3.14. The van der Waals surface area contributed by atoms with E-state index in [0.29, 0.717) is 5.71 Å². The molecule has 1 atom stereocenters. The second-order valence-corrected chi connectivity index (χ2v) is 4.55. The van der Waals surface area contributed by atoms with Gasteiger partial charge in [0.15, 0.2) is 0 Å². The van der Waals surface area contributed by atoms with Gasteiger partial charge in [0.25, 0.3) is 5.69 Å². The molecule has 0 aliphatic heterocycles. The van der Waals surface area contributed by atoms with Gasteiger partial charge < -0.3 is 4.74 Å². The molecule has 0 bridgehead atoms. The molecule has 0 aromatic heterocycles. The monoisotopic (exact) mass is 324 g/mol. The molecule has 0 spiro atoms. The average Bonchev–Trinajstić information content (AvgIpc) is 2.51. The number of hydrogen-bond acceptors (Lipinski definition) is 8. The molecule has 1 unspecified atom stereocenters. The number of rotatable bonds is 7. The summed E-state index contributed by atoms with van der Waals surface area (Å²) in [5.41, 5.74) is 1.91. The third-order valence-corrected chi connectivity index (χ3v) is 3.01. The third-order valence-electron chi connectivity index (χ3n) is 3.01. The van der Waals surface area contributed by atoms with Crippen LogP contribution in [0, 0.1) is 26.1 Å². The fourth-order valence-electron chi connectivity index (χ4n) is 1.56. The number of nitrogens with one attached hydrogen (secondary N) is 1. The molecular formula is C13H16N4O6. The Kier molecular flexibility index (Phi) is 6.13. The van der Waals surface area contributed by atoms with Gasteiger partial charge in [-0.05, 0) is 26.8 Å². The zero-order valence-electron chi connectivity index (χ0n) is 12.8. The van der Waals surface area contributed by atoms with Gasteiger partial charge in [0.1, 0.15) is 5.69 Å². The van der Waals surface area contributed by atoms with E-state index in [2.05, 4.69) is 10.5 Å². The average molecular weight is 324 g/mol. The number of hydrogen-bond donors (Lipinski definition) is 1. The SMILES string of the molecule is CCOC(=O)C(C)C(C)=NNc1ccc([N+](=O)[O-])cc1[N+](=O)[O-]. The van der Waals surface area contributed by atoms with E-state index in [1.54, 1.807) is 20.8 Å². The Morgan fingerprint density at radius 2 is 2.00 bits per heavy atom. The van der Waals surface area contributed by atoms with Crippen LogP contribution in [0.1, 0.15) is 20.8 Å². The summed E-state index contributed by atoms with van der Waals surface area (Å²) in [6.07, 6.45) is 0. The van der Waals surface area contributed by atoms with Crippen molar-refractivity contribution in [2.24, 2.45) is 11.0 Å². The van der Waals surface area contributed by atoms with E-state index in [4.69, 9.17) is 4.74 Å². The molecule has 0 heterocycles. The number of ether oxygens (including phenoxy) is 1. The first-order valence-corrected chi connectivity index (χ1v) is 6.67. The maximum Gasteiger partial charge on any atom is 0.314 e. The standard InChI is InChI=1S/C13H16N4O6/c1-4-23-13(18)8(2)9(3)14-15-11-6-5-10(16(19)20)7-12(11)17(21)22/h5-8,15H,4H2,1-3H3. The van der Waals surface area contributed by atoms with Crippen molar-refractivity contribution >= 4 is 28.7 Å². The maximum absolute atomic E-state index is 11.6. The van der Waals surface area contributed by atoms with E-state index in [0.717, 1.165) is 12.1 Å². The number of carbonyl (C=O) groups is 1. The number of nitro benzene ring substituents is 2. The lowest BCUT2D eigenvalue weighted by atomic mass is 10.1. The van der Waals surface area contributed by atoms with Crippen molar-refractivity contribution in [2.45, 2.75) is 20.8 Å². The predicted molar refractivity (Wildman–Crippen MR) is 82.3 cm³/mol. The van der Waals surface area contributed by atoms with Crippen molar-refractivity contribution in [3.05, 3.63) is 38.4 Å². The van der Waals surface area contributed by atoms with Crippen LogP contribution in [0.5, 0.6) is 0 Å². The Bertz CT molecular complexity index is 658. The molecular weight excluding hydrogens is 308 g/mol.